The van der Waals surface area contributed by atoms with Crippen molar-refractivity contribution in [3.63, 3.8) is 0 Å². The molecule has 29 heavy (non-hydrogen) atoms. The molecule has 0 saturated carbocycles. The van der Waals surface area contributed by atoms with Crippen molar-refractivity contribution in [2.45, 2.75) is 38.6 Å². The van der Waals surface area contributed by atoms with Crippen LogP contribution in [0.3, 0.4) is 0 Å². The molecule has 1 unspecified atom stereocenters. The van der Waals surface area contributed by atoms with Gasteiger partial charge in [-0.1, -0.05) is 30.3 Å². The zero-order chi connectivity index (χ0) is 20.2. The van der Waals surface area contributed by atoms with Crippen molar-refractivity contribution >= 4 is 11.9 Å². The van der Waals surface area contributed by atoms with E-state index in [0.29, 0.717) is 43.3 Å². The average Bonchev–Trinajstić information content (AvgIpc) is 3.24. The third kappa shape index (κ3) is 4.34. The molecule has 2 aliphatic heterocycles. The first-order valence-corrected chi connectivity index (χ1v) is 10.4. The standard InChI is InChI=1S/C22H28N4O3/c1-16-18(21(28)24-22(23-16)25-12-14-29-15-13-25)9-10-20(27)26-11-5-8-19(26)17-6-3-2-4-7-17/h2-4,6-7,19H,5,8-15H2,1H3,(H,23,24,28). The molecule has 2 aliphatic rings. The number of anilines is 1. The third-order valence-corrected chi connectivity index (χ3v) is 5.87. The molecule has 2 fully saturated rings. The fourth-order valence-corrected chi connectivity index (χ4v) is 4.28. The minimum Gasteiger partial charge on any atom is -0.378 e. The maximum atomic E-state index is 12.9. The number of amides is 1. The molecule has 3 heterocycles. The van der Waals surface area contributed by atoms with E-state index >= 15 is 0 Å². The second-order valence-electron chi connectivity index (χ2n) is 7.71. The number of aromatic nitrogens is 2. The molecule has 0 aliphatic carbocycles. The molecule has 0 bridgehead atoms. The summed E-state index contributed by atoms with van der Waals surface area (Å²) in [5.74, 6) is 0.696. The van der Waals surface area contributed by atoms with Crippen molar-refractivity contribution in [1.82, 2.24) is 14.9 Å². The monoisotopic (exact) mass is 396 g/mol. The number of hydrogen-bond acceptors (Lipinski definition) is 5. The van der Waals surface area contributed by atoms with Gasteiger partial charge in [-0.2, -0.15) is 0 Å². The minimum absolute atomic E-state index is 0.104. The first-order chi connectivity index (χ1) is 14.1. The molecule has 154 valence electrons. The van der Waals surface area contributed by atoms with Crippen LogP contribution in [-0.2, 0) is 16.0 Å². The number of morpholine rings is 1. The Morgan fingerprint density at radius 1 is 1.21 bits per heavy atom. The van der Waals surface area contributed by atoms with Gasteiger partial charge in [0.1, 0.15) is 0 Å². The quantitative estimate of drug-likeness (QED) is 0.838. The van der Waals surface area contributed by atoms with Crippen molar-refractivity contribution in [2.75, 3.05) is 37.7 Å². The van der Waals surface area contributed by atoms with Crippen LogP contribution in [0.25, 0.3) is 0 Å². The van der Waals surface area contributed by atoms with Crippen molar-refractivity contribution in [2.24, 2.45) is 0 Å². The number of hydrogen-bond donors (Lipinski definition) is 1. The van der Waals surface area contributed by atoms with E-state index in [1.54, 1.807) is 0 Å². The predicted octanol–water partition coefficient (Wildman–Crippen LogP) is 2.21. The normalized spacial score (nSPS) is 19.6. The number of carbonyl (C=O) groups excluding carboxylic acids is 1. The van der Waals surface area contributed by atoms with Gasteiger partial charge in [0, 0.05) is 37.3 Å². The average molecular weight is 396 g/mol. The van der Waals surface area contributed by atoms with E-state index in [1.807, 2.05) is 34.9 Å². The summed E-state index contributed by atoms with van der Waals surface area (Å²) >= 11 is 0. The summed E-state index contributed by atoms with van der Waals surface area (Å²) in [6.45, 7) is 5.34. The van der Waals surface area contributed by atoms with Crippen molar-refractivity contribution in [1.29, 1.82) is 0 Å². The van der Waals surface area contributed by atoms with Gasteiger partial charge >= 0.3 is 0 Å². The second kappa shape index (κ2) is 8.78. The van der Waals surface area contributed by atoms with E-state index in [2.05, 4.69) is 22.1 Å². The molecule has 1 aromatic carbocycles. The number of aromatic amines is 1. The lowest BCUT2D eigenvalue weighted by atomic mass is 10.0. The Labute approximate surface area is 170 Å². The number of rotatable bonds is 5. The highest BCUT2D eigenvalue weighted by atomic mass is 16.5. The van der Waals surface area contributed by atoms with Gasteiger partial charge in [0.2, 0.25) is 11.9 Å². The molecule has 0 spiro atoms. The molecule has 2 aromatic rings. The third-order valence-electron chi connectivity index (χ3n) is 5.87. The molecule has 4 rings (SSSR count). The van der Waals surface area contributed by atoms with E-state index in [9.17, 15) is 9.59 Å². The van der Waals surface area contributed by atoms with Crippen LogP contribution in [-0.4, -0.2) is 53.6 Å². The summed E-state index contributed by atoms with van der Waals surface area (Å²) in [5.41, 5.74) is 2.34. The lowest BCUT2D eigenvalue weighted by Gasteiger charge is -2.27. The predicted molar refractivity (Wildman–Crippen MR) is 111 cm³/mol. The van der Waals surface area contributed by atoms with Gasteiger partial charge in [-0.15, -0.1) is 0 Å². The molecule has 1 atom stereocenters. The Kier molecular flexibility index (Phi) is 5.94. The summed E-state index contributed by atoms with van der Waals surface area (Å²) in [7, 11) is 0. The van der Waals surface area contributed by atoms with E-state index < -0.39 is 0 Å². The molecule has 0 radical (unpaired) electrons. The summed E-state index contributed by atoms with van der Waals surface area (Å²) < 4.78 is 5.36. The number of benzene rings is 1. The Morgan fingerprint density at radius 2 is 1.97 bits per heavy atom. The number of nitrogens with one attached hydrogen (secondary N) is 1. The van der Waals surface area contributed by atoms with Crippen LogP contribution < -0.4 is 10.5 Å². The Morgan fingerprint density at radius 3 is 2.69 bits per heavy atom. The smallest absolute Gasteiger partial charge is 0.255 e. The van der Waals surface area contributed by atoms with Crippen LogP contribution in [0.4, 0.5) is 5.95 Å². The molecule has 1 aromatic heterocycles. The van der Waals surface area contributed by atoms with E-state index in [-0.39, 0.29) is 17.5 Å². The number of likely N-dealkylation sites (tertiary alicyclic amines) is 1. The van der Waals surface area contributed by atoms with Gasteiger partial charge in [-0.05, 0) is 31.7 Å². The largest absolute Gasteiger partial charge is 0.378 e. The first kappa shape index (κ1) is 19.6. The van der Waals surface area contributed by atoms with Gasteiger partial charge in [0.25, 0.3) is 5.56 Å². The van der Waals surface area contributed by atoms with Crippen LogP contribution in [0, 0.1) is 6.92 Å². The maximum Gasteiger partial charge on any atom is 0.255 e. The number of nitrogens with zero attached hydrogens (tertiary/aromatic N) is 3. The number of aryl methyl sites for hydroxylation is 1. The zero-order valence-electron chi connectivity index (χ0n) is 16.9. The van der Waals surface area contributed by atoms with Crippen LogP contribution >= 0.6 is 0 Å². The van der Waals surface area contributed by atoms with Gasteiger partial charge in [0.05, 0.1) is 19.3 Å². The molecular formula is C22H28N4O3. The van der Waals surface area contributed by atoms with Crippen LogP contribution in [0.2, 0.25) is 0 Å². The van der Waals surface area contributed by atoms with E-state index in [4.69, 9.17) is 4.74 Å². The van der Waals surface area contributed by atoms with Gasteiger partial charge in [-0.3, -0.25) is 14.6 Å². The van der Waals surface area contributed by atoms with E-state index in [0.717, 1.165) is 32.5 Å². The van der Waals surface area contributed by atoms with Gasteiger partial charge in [0.15, 0.2) is 0 Å². The van der Waals surface area contributed by atoms with Crippen LogP contribution in [0.1, 0.15) is 42.1 Å². The lowest BCUT2D eigenvalue weighted by Crippen LogP contribution is -2.38. The number of ether oxygens (including phenoxy) is 1. The molecule has 1 amide bonds. The summed E-state index contributed by atoms with van der Waals surface area (Å²) in [5, 5.41) is 0. The van der Waals surface area contributed by atoms with Crippen LogP contribution in [0.5, 0.6) is 0 Å². The zero-order valence-corrected chi connectivity index (χ0v) is 16.9. The van der Waals surface area contributed by atoms with Gasteiger partial charge in [-0.25, -0.2) is 4.98 Å². The lowest BCUT2D eigenvalue weighted by molar-refractivity contribution is -0.132. The van der Waals surface area contributed by atoms with Crippen molar-refractivity contribution in [3.05, 3.63) is 57.5 Å². The molecule has 7 heteroatoms. The van der Waals surface area contributed by atoms with Crippen molar-refractivity contribution < 1.29 is 9.53 Å². The topological polar surface area (TPSA) is 78.5 Å². The SMILES string of the molecule is Cc1nc(N2CCOCC2)[nH]c(=O)c1CCC(=O)N1CCCC1c1ccccc1. The Hall–Kier alpha value is -2.67. The highest BCUT2D eigenvalue weighted by Gasteiger charge is 2.29. The molecule has 1 N–H and O–H groups in total. The Bertz CT molecular complexity index is 906. The second-order valence-corrected chi connectivity index (χ2v) is 7.71. The van der Waals surface area contributed by atoms with Crippen molar-refractivity contribution in [3.8, 4) is 0 Å². The fourth-order valence-electron chi connectivity index (χ4n) is 4.28. The summed E-state index contributed by atoms with van der Waals surface area (Å²) in [6.07, 6.45) is 2.74. The van der Waals surface area contributed by atoms with Crippen LogP contribution in [0.15, 0.2) is 35.1 Å². The summed E-state index contributed by atoms with van der Waals surface area (Å²) in [4.78, 5) is 37.0. The molecular weight excluding hydrogens is 368 g/mol. The minimum atomic E-state index is -0.146. The molecule has 7 nitrogen and oxygen atoms in total. The highest BCUT2D eigenvalue weighted by Crippen LogP contribution is 2.32. The van der Waals surface area contributed by atoms with E-state index in [1.165, 1.54) is 5.56 Å². The number of carbonyl (C=O) groups is 1. The molecule has 2 saturated heterocycles. The first-order valence-electron chi connectivity index (χ1n) is 10.4. The number of H-pyrrole nitrogens is 1. The highest BCUT2D eigenvalue weighted by molar-refractivity contribution is 5.77. The summed E-state index contributed by atoms with van der Waals surface area (Å²) in [6, 6.07) is 10.3. The fraction of sp³-hybridized carbons (Fsp3) is 0.500. The Balaban J connectivity index is 1.43. The van der Waals surface area contributed by atoms with Gasteiger partial charge < -0.3 is 14.5 Å². The maximum absolute atomic E-state index is 12.9.